The Kier molecular flexibility index (Phi) is 3.91. The summed E-state index contributed by atoms with van der Waals surface area (Å²) in [5, 5.41) is 2.72. The predicted octanol–water partition coefficient (Wildman–Crippen LogP) is 0.148. The van der Waals surface area contributed by atoms with E-state index in [4.69, 9.17) is 4.74 Å². The molecule has 5 heteroatoms. The molecule has 0 bridgehead atoms. The zero-order valence-electron chi connectivity index (χ0n) is 10.4. The van der Waals surface area contributed by atoms with Gasteiger partial charge >= 0.3 is 5.97 Å². The summed E-state index contributed by atoms with van der Waals surface area (Å²) in [6.45, 7) is 8.81. The van der Waals surface area contributed by atoms with Crippen molar-refractivity contribution in [2.24, 2.45) is 0 Å². The quantitative estimate of drug-likeness (QED) is 0.683. The molecule has 0 radical (unpaired) electrons. The summed E-state index contributed by atoms with van der Waals surface area (Å²) in [6, 6.07) is -0.370. The Balaban J connectivity index is 2.53. The van der Waals surface area contributed by atoms with Crippen molar-refractivity contribution in [3.05, 3.63) is 0 Å². The molecular weight excluding hydrogens is 208 g/mol. The molecule has 1 unspecified atom stereocenters. The van der Waals surface area contributed by atoms with Crippen molar-refractivity contribution in [1.29, 1.82) is 0 Å². The van der Waals surface area contributed by atoms with E-state index >= 15 is 0 Å². The first-order valence-electron chi connectivity index (χ1n) is 5.53. The number of nitrogens with zero attached hydrogens (tertiary/aromatic N) is 1. The molecule has 0 spiro atoms. The summed E-state index contributed by atoms with van der Waals surface area (Å²) in [5.74, 6) is -0.316. The number of hydrogen-bond acceptors (Lipinski definition) is 4. The molecule has 1 rings (SSSR count). The number of rotatable bonds is 2. The van der Waals surface area contributed by atoms with E-state index in [2.05, 4.69) is 5.32 Å². The summed E-state index contributed by atoms with van der Waals surface area (Å²) < 4.78 is 5.28. The molecule has 16 heavy (non-hydrogen) atoms. The Morgan fingerprint density at radius 1 is 1.50 bits per heavy atom. The van der Waals surface area contributed by atoms with Gasteiger partial charge < -0.3 is 10.1 Å². The number of amides is 1. The zero-order chi connectivity index (χ0) is 12.3. The summed E-state index contributed by atoms with van der Waals surface area (Å²) in [7, 11) is 0. The summed E-state index contributed by atoms with van der Waals surface area (Å²) in [4.78, 5) is 24.8. The van der Waals surface area contributed by atoms with Gasteiger partial charge in [-0.2, -0.15) is 0 Å². The summed E-state index contributed by atoms with van der Waals surface area (Å²) >= 11 is 0. The third kappa shape index (κ3) is 3.81. The molecule has 1 saturated heterocycles. The highest BCUT2D eigenvalue weighted by Crippen LogP contribution is 2.11. The number of hydrogen-bond donors (Lipinski definition) is 1. The fourth-order valence-electron chi connectivity index (χ4n) is 1.53. The molecule has 1 aliphatic heterocycles. The molecule has 0 aromatic heterocycles. The lowest BCUT2D eigenvalue weighted by atomic mass is 10.2. The Bertz CT molecular complexity index is 283. The van der Waals surface area contributed by atoms with Gasteiger partial charge in [-0.05, 0) is 27.7 Å². The first kappa shape index (κ1) is 13.0. The van der Waals surface area contributed by atoms with Crippen LogP contribution in [0.2, 0.25) is 0 Å². The average Bonchev–Trinajstić information content (AvgIpc) is 2.14. The van der Waals surface area contributed by atoms with Crippen LogP contribution in [-0.2, 0) is 14.3 Å². The van der Waals surface area contributed by atoms with Gasteiger partial charge in [0.1, 0.15) is 11.6 Å². The maximum atomic E-state index is 11.8. The van der Waals surface area contributed by atoms with Crippen LogP contribution >= 0.6 is 0 Å². The van der Waals surface area contributed by atoms with Gasteiger partial charge in [-0.3, -0.25) is 14.5 Å². The largest absolute Gasteiger partial charge is 0.459 e. The van der Waals surface area contributed by atoms with E-state index < -0.39 is 5.60 Å². The van der Waals surface area contributed by atoms with Gasteiger partial charge in [0.25, 0.3) is 0 Å². The fraction of sp³-hybridized carbons (Fsp3) is 0.818. The Hall–Kier alpha value is -1.10. The minimum Gasteiger partial charge on any atom is -0.459 e. The fourth-order valence-corrected chi connectivity index (χ4v) is 1.53. The highest BCUT2D eigenvalue weighted by molar-refractivity contribution is 5.81. The van der Waals surface area contributed by atoms with Crippen LogP contribution in [0.1, 0.15) is 27.7 Å². The Labute approximate surface area is 96.1 Å². The molecule has 0 aromatic rings. The van der Waals surface area contributed by atoms with Crippen LogP contribution < -0.4 is 5.32 Å². The van der Waals surface area contributed by atoms with Crippen LogP contribution in [0, 0.1) is 0 Å². The van der Waals surface area contributed by atoms with E-state index in [9.17, 15) is 9.59 Å². The molecule has 1 aliphatic rings. The van der Waals surface area contributed by atoms with Crippen molar-refractivity contribution < 1.29 is 14.3 Å². The average molecular weight is 228 g/mol. The highest BCUT2D eigenvalue weighted by Gasteiger charge is 2.29. The molecule has 0 saturated carbocycles. The molecule has 92 valence electrons. The van der Waals surface area contributed by atoms with Gasteiger partial charge in [0.15, 0.2) is 0 Å². The van der Waals surface area contributed by atoms with Crippen LogP contribution in [0.4, 0.5) is 0 Å². The maximum Gasteiger partial charge on any atom is 0.323 e. The van der Waals surface area contributed by atoms with Crippen LogP contribution in [0.3, 0.4) is 0 Å². The standard InChI is InChI=1S/C11H20N2O3/c1-8(10(15)16-11(2,3)4)13-6-5-12-9(14)7-13/h8H,5-7H2,1-4H3,(H,12,14). The van der Waals surface area contributed by atoms with Crippen LogP contribution in [0.5, 0.6) is 0 Å². The Morgan fingerprint density at radius 3 is 2.62 bits per heavy atom. The van der Waals surface area contributed by atoms with Crippen LogP contribution in [0.15, 0.2) is 0 Å². The predicted molar refractivity (Wildman–Crippen MR) is 59.9 cm³/mol. The molecule has 1 atom stereocenters. The SMILES string of the molecule is CC(C(=O)OC(C)(C)C)N1CCNC(=O)C1. The minimum atomic E-state index is -0.483. The van der Waals surface area contributed by atoms with Crippen molar-refractivity contribution in [2.75, 3.05) is 19.6 Å². The third-order valence-corrected chi connectivity index (χ3v) is 2.36. The van der Waals surface area contributed by atoms with Gasteiger partial charge in [0.2, 0.25) is 5.91 Å². The van der Waals surface area contributed by atoms with Crippen molar-refractivity contribution >= 4 is 11.9 Å². The molecule has 0 aromatic carbocycles. The first-order chi connectivity index (χ1) is 7.29. The lowest BCUT2D eigenvalue weighted by Crippen LogP contribution is -2.53. The van der Waals surface area contributed by atoms with Gasteiger partial charge in [0.05, 0.1) is 6.54 Å². The van der Waals surface area contributed by atoms with Crippen molar-refractivity contribution in [3.63, 3.8) is 0 Å². The minimum absolute atomic E-state index is 0.0401. The molecule has 1 heterocycles. The normalized spacial score (nSPS) is 20.1. The number of piperazine rings is 1. The molecule has 1 fully saturated rings. The molecule has 1 N–H and O–H groups in total. The Morgan fingerprint density at radius 2 is 2.12 bits per heavy atom. The van der Waals surface area contributed by atoms with E-state index in [0.29, 0.717) is 13.1 Å². The van der Waals surface area contributed by atoms with E-state index in [1.807, 2.05) is 25.7 Å². The monoisotopic (exact) mass is 228 g/mol. The van der Waals surface area contributed by atoms with Crippen molar-refractivity contribution in [3.8, 4) is 0 Å². The van der Waals surface area contributed by atoms with E-state index in [1.165, 1.54) is 0 Å². The van der Waals surface area contributed by atoms with Gasteiger partial charge in [-0.25, -0.2) is 0 Å². The number of nitrogens with one attached hydrogen (secondary N) is 1. The number of esters is 1. The van der Waals surface area contributed by atoms with Gasteiger partial charge in [0, 0.05) is 13.1 Å². The lowest BCUT2D eigenvalue weighted by Gasteiger charge is -2.32. The lowest BCUT2D eigenvalue weighted by molar-refractivity contribution is -0.161. The topological polar surface area (TPSA) is 58.6 Å². The number of carbonyl (C=O) groups excluding carboxylic acids is 2. The van der Waals surface area contributed by atoms with Crippen LogP contribution in [0.25, 0.3) is 0 Å². The van der Waals surface area contributed by atoms with Crippen molar-refractivity contribution in [1.82, 2.24) is 10.2 Å². The van der Waals surface area contributed by atoms with Crippen molar-refractivity contribution in [2.45, 2.75) is 39.3 Å². The number of ether oxygens (including phenoxy) is 1. The summed E-state index contributed by atoms with van der Waals surface area (Å²) in [5.41, 5.74) is -0.483. The third-order valence-electron chi connectivity index (χ3n) is 2.36. The molecule has 0 aliphatic carbocycles. The molecule has 1 amide bonds. The van der Waals surface area contributed by atoms with E-state index in [1.54, 1.807) is 6.92 Å². The first-order valence-corrected chi connectivity index (χ1v) is 5.53. The van der Waals surface area contributed by atoms with Gasteiger partial charge in [-0.1, -0.05) is 0 Å². The zero-order valence-corrected chi connectivity index (χ0v) is 10.4. The number of carbonyl (C=O) groups is 2. The highest BCUT2D eigenvalue weighted by atomic mass is 16.6. The molecular formula is C11H20N2O3. The second-order valence-corrected chi connectivity index (χ2v) is 5.03. The van der Waals surface area contributed by atoms with Gasteiger partial charge in [-0.15, -0.1) is 0 Å². The second kappa shape index (κ2) is 4.82. The second-order valence-electron chi connectivity index (χ2n) is 5.03. The maximum absolute atomic E-state index is 11.8. The van der Waals surface area contributed by atoms with E-state index in [-0.39, 0.29) is 24.5 Å². The molecule has 5 nitrogen and oxygen atoms in total. The van der Waals surface area contributed by atoms with E-state index in [0.717, 1.165) is 0 Å². The summed E-state index contributed by atoms with van der Waals surface area (Å²) in [6.07, 6.45) is 0. The van der Waals surface area contributed by atoms with Crippen LogP contribution in [-0.4, -0.2) is 48.1 Å². The smallest absolute Gasteiger partial charge is 0.323 e.